The van der Waals surface area contributed by atoms with Crippen LogP contribution in [0.4, 0.5) is 0 Å². The van der Waals surface area contributed by atoms with E-state index in [1.165, 1.54) is 56.9 Å². The number of phenolic OH excluding ortho intramolecular Hbond substituents is 1. The Balaban J connectivity index is 1.64. The molecule has 29 heavy (non-hydrogen) atoms. The van der Waals surface area contributed by atoms with E-state index in [9.17, 15) is 5.11 Å². The third kappa shape index (κ3) is 7.87. The molecule has 1 aliphatic heterocycles. The quantitative estimate of drug-likeness (QED) is 0.381. The summed E-state index contributed by atoms with van der Waals surface area (Å²) in [5.74, 6) is 3.92. The van der Waals surface area contributed by atoms with Crippen LogP contribution in [-0.2, 0) is 6.42 Å². The summed E-state index contributed by atoms with van der Waals surface area (Å²) in [6.45, 7) is 13.8. The summed E-state index contributed by atoms with van der Waals surface area (Å²) < 4.78 is 6.39. The minimum absolute atomic E-state index is 0.0545. The van der Waals surface area contributed by atoms with E-state index >= 15 is 0 Å². The summed E-state index contributed by atoms with van der Waals surface area (Å²) in [6, 6.07) is 3.71. The smallest absolute Gasteiger partial charge is 0.123 e. The van der Waals surface area contributed by atoms with Crippen LogP contribution in [0.2, 0.25) is 0 Å². The number of phenols is 1. The van der Waals surface area contributed by atoms with Crippen molar-refractivity contribution in [2.45, 2.75) is 118 Å². The average molecular weight is 403 g/mol. The van der Waals surface area contributed by atoms with Gasteiger partial charge in [0, 0.05) is 5.56 Å². The zero-order chi connectivity index (χ0) is 21.4. The molecule has 2 heteroatoms. The van der Waals surface area contributed by atoms with Gasteiger partial charge in [0.25, 0.3) is 0 Å². The van der Waals surface area contributed by atoms with Crippen LogP contribution < -0.4 is 4.74 Å². The van der Waals surface area contributed by atoms with Crippen molar-refractivity contribution in [3.05, 3.63) is 23.3 Å². The van der Waals surface area contributed by atoms with Gasteiger partial charge in [0.1, 0.15) is 17.1 Å². The van der Waals surface area contributed by atoms with E-state index in [1.54, 1.807) is 6.07 Å². The second kappa shape index (κ2) is 11.3. The van der Waals surface area contributed by atoms with E-state index in [-0.39, 0.29) is 5.60 Å². The molecule has 1 aromatic rings. The Bertz CT molecular complexity index is 621. The lowest BCUT2D eigenvalue weighted by molar-refractivity contribution is 0.0521. The highest BCUT2D eigenvalue weighted by Gasteiger charge is 2.32. The molecule has 0 aromatic heterocycles. The molecule has 0 fully saturated rings. The highest BCUT2D eigenvalue weighted by Crippen LogP contribution is 2.40. The second-order valence-electron chi connectivity index (χ2n) is 10.6. The first-order valence-electron chi connectivity index (χ1n) is 12.2. The summed E-state index contributed by atoms with van der Waals surface area (Å²) in [7, 11) is 0. The molecule has 0 saturated carbocycles. The normalized spacial score (nSPS) is 20.9. The number of fused-ring (bicyclic) bond motifs is 1. The molecule has 3 atom stereocenters. The Morgan fingerprint density at radius 2 is 1.52 bits per heavy atom. The van der Waals surface area contributed by atoms with E-state index in [0.29, 0.717) is 5.75 Å². The molecule has 0 saturated heterocycles. The molecular weight excluding hydrogens is 356 g/mol. The molecule has 2 rings (SSSR count). The standard InChI is InChI=1S/C27H46O2/c1-20(2)10-7-11-21(3)12-8-13-22(4)14-9-18-27(6)19-17-24-23(5)25(28)15-16-26(24)29-27/h15-16,20-22,28H,7-14,17-19H2,1-6H3/t21-,22-,27-/m1/s1. The van der Waals surface area contributed by atoms with Gasteiger partial charge in [0.15, 0.2) is 0 Å². The lowest BCUT2D eigenvalue weighted by Crippen LogP contribution is -2.36. The van der Waals surface area contributed by atoms with Gasteiger partial charge in [-0.25, -0.2) is 0 Å². The lowest BCUT2D eigenvalue weighted by Gasteiger charge is -2.37. The van der Waals surface area contributed by atoms with Crippen molar-refractivity contribution in [2.75, 3.05) is 0 Å². The van der Waals surface area contributed by atoms with E-state index in [4.69, 9.17) is 4.74 Å². The first-order valence-corrected chi connectivity index (χ1v) is 12.2. The van der Waals surface area contributed by atoms with Crippen LogP contribution in [0.5, 0.6) is 11.5 Å². The largest absolute Gasteiger partial charge is 0.508 e. The van der Waals surface area contributed by atoms with E-state index < -0.39 is 0 Å². The van der Waals surface area contributed by atoms with Gasteiger partial charge in [-0.05, 0) is 75.0 Å². The predicted octanol–water partition coefficient (Wildman–Crippen LogP) is 8.22. The molecule has 0 aliphatic carbocycles. The van der Waals surface area contributed by atoms with Gasteiger partial charge in [-0.1, -0.05) is 72.6 Å². The lowest BCUT2D eigenvalue weighted by atomic mass is 9.85. The van der Waals surface area contributed by atoms with Crippen molar-refractivity contribution in [1.82, 2.24) is 0 Å². The van der Waals surface area contributed by atoms with Gasteiger partial charge in [-0.15, -0.1) is 0 Å². The van der Waals surface area contributed by atoms with Crippen LogP contribution in [0.3, 0.4) is 0 Å². The maximum Gasteiger partial charge on any atom is 0.123 e. The van der Waals surface area contributed by atoms with Crippen molar-refractivity contribution >= 4 is 0 Å². The molecule has 1 N–H and O–H groups in total. The molecule has 2 nitrogen and oxygen atoms in total. The van der Waals surface area contributed by atoms with Crippen LogP contribution >= 0.6 is 0 Å². The zero-order valence-electron chi connectivity index (χ0n) is 20.0. The van der Waals surface area contributed by atoms with Crippen LogP contribution in [0.25, 0.3) is 0 Å². The zero-order valence-corrected chi connectivity index (χ0v) is 20.0. The van der Waals surface area contributed by atoms with Crippen LogP contribution in [-0.4, -0.2) is 10.7 Å². The molecular formula is C27H46O2. The fourth-order valence-corrected chi connectivity index (χ4v) is 4.81. The molecule has 166 valence electrons. The second-order valence-corrected chi connectivity index (χ2v) is 10.6. The van der Waals surface area contributed by atoms with Crippen molar-refractivity contribution in [2.24, 2.45) is 17.8 Å². The summed E-state index contributed by atoms with van der Waals surface area (Å²) >= 11 is 0. The Morgan fingerprint density at radius 1 is 0.931 bits per heavy atom. The minimum Gasteiger partial charge on any atom is -0.508 e. The highest BCUT2D eigenvalue weighted by atomic mass is 16.5. The first-order chi connectivity index (χ1) is 13.7. The van der Waals surface area contributed by atoms with Crippen LogP contribution in [0.1, 0.15) is 110 Å². The van der Waals surface area contributed by atoms with Gasteiger partial charge in [0.05, 0.1) is 0 Å². The van der Waals surface area contributed by atoms with Crippen LogP contribution in [0.15, 0.2) is 12.1 Å². The molecule has 1 aromatic carbocycles. The van der Waals surface area contributed by atoms with Crippen LogP contribution in [0, 0.1) is 24.7 Å². The van der Waals surface area contributed by atoms with Gasteiger partial charge < -0.3 is 9.84 Å². The van der Waals surface area contributed by atoms with Gasteiger partial charge in [-0.3, -0.25) is 0 Å². The Kier molecular flexibility index (Phi) is 9.37. The Labute approximate surface area is 180 Å². The molecule has 1 heterocycles. The number of benzene rings is 1. The van der Waals surface area contributed by atoms with Gasteiger partial charge >= 0.3 is 0 Å². The van der Waals surface area contributed by atoms with Crippen molar-refractivity contribution in [3.63, 3.8) is 0 Å². The van der Waals surface area contributed by atoms with E-state index in [0.717, 1.165) is 48.3 Å². The molecule has 0 amide bonds. The number of ether oxygens (including phenoxy) is 1. The molecule has 0 spiro atoms. The number of rotatable bonds is 12. The summed E-state index contributed by atoms with van der Waals surface area (Å²) in [6.07, 6.45) is 14.1. The number of aromatic hydroxyl groups is 1. The third-order valence-electron chi connectivity index (χ3n) is 7.06. The Morgan fingerprint density at radius 3 is 2.14 bits per heavy atom. The highest BCUT2D eigenvalue weighted by molar-refractivity contribution is 5.48. The minimum atomic E-state index is -0.0545. The third-order valence-corrected chi connectivity index (χ3v) is 7.06. The fourth-order valence-electron chi connectivity index (χ4n) is 4.81. The Hall–Kier alpha value is -1.18. The molecule has 0 unspecified atom stereocenters. The molecule has 1 aliphatic rings. The van der Waals surface area contributed by atoms with Crippen molar-refractivity contribution < 1.29 is 9.84 Å². The van der Waals surface area contributed by atoms with Gasteiger partial charge in [0.2, 0.25) is 0 Å². The number of hydrogen-bond acceptors (Lipinski definition) is 2. The summed E-state index contributed by atoms with van der Waals surface area (Å²) in [4.78, 5) is 0. The monoisotopic (exact) mass is 402 g/mol. The van der Waals surface area contributed by atoms with Crippen molar-refractivity contribution in [3.8, 4) is 11.5 Å². The first kappa shape index (κ1) is 24.1. The van der Waals surface area contributed by atoms with E-state index in [2.05, 4.69) is 34.6 Å². The van der Waals surface area contributed by atoms with Crippen molar-refractivity contribution in [1.29, 1.82) is 0 Å². The average Bonchev–Trinajstić information content (AvgIpc) is 2.64. The maximum atomic E-state index is 9.92. The summed E-state index contributed by atoms with van der Waals surface area (Å²) in [5, 5.41) is 9.92. The van der Waals surface area contributed by atoms with Gasteiger partial charge in [-0.2, -0.15) is 0 Å². The maximum absolute atomic E-state index is 9.92. The SMILES string of the molecule is Cc1c(O)ccc2c1CC[C@@](C)(CCC[C@H](C)CCC[C@H](C)CCCC(C)C)O2. The fraction of sp³-hybridized carbons (Fsp3) is 0.778. The molecule has 0 radical (unpaired) electrons. The number of hydrogen-bond donors (Lipinski definition) is 1. The topological polar surface area (TPSA) is 29.5 Å². The predicted molar refractivity (Wildman–Crippen MR) is 125 cm³/mol. The molecule has 0 bridgehead atoms. The van der Waals surface area contributed by atoms with E-state index in [1.807, 2.05) is 13.0 Å². The summed E-state index contributed by atoms with van der Waals surface area (Å²) in [5.41, 5.74) is 2.12.